The van der Waals surface area contributed by atoms with Crippen molar-refractivity contribution in [1.82, 2.24) is 9.99 Å². The van der Waals surface area contributed by atoms with E-state index in [4.69, 9.17) is 4.74 Å². The molecule has 8 heteroatoms. The Labute approximate surface area is 206 Å². The van der Waals surface area contributed by atoms with Crippen molar-refractivity contribution < 1.29 is 9.53 Å². The summed E-state index contributed by atoms with van der Waals surface area (Å²) >= 11 is 6.96. The number of pyridine rings is 1. The number of carbonyl (C=O) groups is 1. The van der Waals surface area contributed by atoms with Crippen LogP contribution in [0.1, 0.15) is 5.56 Å². The summed E-state index contributed by atoms with van der Waals surface area (Å²) in [7, 11) is 0. The van der Waals surface area contributed by atoms with Gasteiger partial charge in [0.2, 0.25) is 0 Å². The number of rotatable bonds is 7. The molecule has 4 aromatic rings. The number of hydrogen-bond donors (Lipinski definition) is 1. The van der Waals surface area contributed by atoms with Crippen LogP contribution >= 0.6 is 31.9 Å². The Morgan fingerprint density at radius 3 is 2.18 bits per heavy atom. The SMILES string of the molecule is C=CCOc1c(Br)cc(/C=N/NC(=O)Cn2c3ccccc3c(=O)c3ccccc32)cc1Br. The van der Waals surface area contributed by atoms with Gasteiger partial charge < -0.3 is 9.30 Å². The number of carbonyl (C=O) groups excluding carboxylic acids is 1. The fraction of sp³-hybridized carbons (Fsp3) is 0.0800. The highest BCUT2D eigenvalue weighted by molar-refractivity contribution is 9.11. The second kappa shape index (κ2) is 10.1. The Morgan fingerprint density at radius 1 is 1.03 bits per heavy atom. The Hall–Kier alpha value is -3.23. The molecule has 1 aromatic heterocycles. The number of fused-ring (bicyclic) bond motifs is 2. The number of benzene rings is 3. The lowest BCUT2D eigenvalue weighted by Gasteiger charge is -2.14. The molecule has 0 aliphatic carbocycles. The van der Waals surface area contributed by atoms with Crippen molar-refractivity contribution in [3.8, 4) is 5.75 Å². The van der Waals surface area contributed by atoms with Crippen LogP contribution in [0.3, 0.4) is 0 Å². The zero-order valence-corrected chi connectivity index (χ0v) is 20.6. The quantitative estimate of drug-likeness (QED) is 0.140. The van der Waals surface area contributed by atoms with Gasteiger partial charge in [0.05, 0.1) is 26.2 Å². The Balaban J connectivity index is 1.56. The molecule has 0 saturated carbocycles. The van der Waals surface area contributed by atoms with Gasteiger partial charge in [0.15, 0.2) is 5.43 Å². The van der Waals surface area contributed by atoms with Crippen LogP contribution < -0.4 is 15.6 Å². The topological polar surface area (TPSA) is 72.7 Å². The van der Waals surface area contributed by atoms with Gasteiger partial charge in [-0.25, -0.2) is 5.43 Å². The van der Waals surface area contributed by atoms with E-state index in [2.05, 4.69) is 49.0 Å². The van der Waals surface area contributed by atoms with Crippen LogP contribution in [0.15, 0.2) is 92.2 Å². The van der Waals surface area contributed by atoms with Gasteiger partial charge in [0.25, 0.3) is 5.91 Å². The normalized spacial score (nSPS) is 11.2. The van der Waals surface area contributed by atoms with Crippen LogP contribution in [-0.2, 0) is 11.3 Å². The average molecular weight is 569 g/mol. The predicted molar refractivity (Wildman–Crippen MR) is 139 cm³/mol. The summed E-state index contributed by atoms with van der Waals surface area (Å²) in [6.07, 6.45) is 3.21. The molecule has 0 bridgehead atoms. The maximum atomic E-state index is 12.8. The first kappa shape index (κ1) is 22.9. The van der Waals surface area contributed by atoms with Crippen molar-refractivity contribution in [3.05, 3.63) is 98.1 Å². The lowest BCUT2D eigenvalue weighted by atomic mass is 10.1. The smallest absolute Gasteiger partial charge is 0.260 e. The lowest BCUT2D eigenvalue weighted by molar-refractivity contribution is -0.121. The highest BCUT2D eigenvalue weighted by Gasteiger charge is 2.13. The Bertz CT molecular complexity index is 1380. The molecule has 1 amide bonds. The fourth-order valence-corrected chi connectivity index (χ4v) is 4.99. The van der Waals surface area contributed by atoms with Gasteiger partial charge in [-0.05, 0) is 73.8 Å². The van der Waals surface area contributed by atoms with Crippen LogP contribution in [0.5, 0.6) is 5.75 Å². The summed E-state index contributed by atoms with van der Waals surface area (Å²) in [6, 6.07) is 18.2. The van der Waals surface area contributed by atoms with Crippen molar-refractivity contribution in [2.24, 2.45) is 5.10 Å². The number of ether oxygens (including phenoxy) is 1. The van der Waals surface area contributed by atoms with Crippen molar-refractivity contribution in [3.63, 3.8) is 0 Å². The molecule has 3 aromatic carbocycles. The summed E-state index contributed by atoms with van der Waals surface area (Å²) in [5, 5.41) is 5.23. The molecule has 33 heavy (non-hydrogen) atoms. The zero-order valence-electron chi connectivity index (χ0n) is 17.4. The van der Waals surface area contributed by atoms with Gasteiger partial charge in [0, 0.05) is 10.8 Å². The second-order valence-corrected chi connectivity index (χ2v) is 8.86. The van der Waals surface area contributed by atoms with Gasteiger partial charge in [-0.1, -0.05) is 36.9 Å². The van der Waals surface area contributed by atoms with Crippen LogP contribution in [-0.4, -0.2) is 23.3 Å². The molecule has 166 valence electrons. The predicted octanol–water partition coefficient (Wildman–Crippen LogP) is 5.39. The van der Waals surface area contributed by atoms with Crippen LogP contribution in [0.25, 0.3) is 21.8 Å². The van der Waals surface area contributed by atoms with E-state index in [0.717, 1.165) is 14.5 Å². The molecule has 4 rings (SSSR count). The van der Waals surface area contributed by atoms with E-state index in [-0.39, 0.29) is 17.9 Å². The van der Waals surface area contributed by atoms with Gasteiger partial charge in [0.1, 0.15) is 18.9 Å². The van der Waals surface area contributed by atoms with E-state index >= 15 is 0 Å². The maximum Gasteiger partial charge on any atom is 0.260 e. The first-order valence-corrected chi connectivity index (χ1v) is 11.6. The molecule has 1 heterocycles. The van der Waals surface area contributed by atoms with Crippen LogP contribution in [0.2, 0.25) is 0 Å². The van der Waals surface area contributed by atoms with Gasteiger partial charge in [-0.2, -0.15) is 5.10 Å². The van der Waals surface area contributed by atoms with E-state index in [1.54, 1.807) is 24.4 Å². The van der Waals surface area contributed by atoms with Crippen LogP contribution in [0, 0.1) is 0 Å². The molecule has 0 unspecified atom stereocenters. The highest BCUT2D eigenvalue weighted by Crippen LogP contribution is 2.34. The molecule has 0 fully saturated rings. The molecule has 0 aliphatic rings. The van der Waals surface area contributed by atoms with E-state index in [9.17, 15) is 9.59 Å². The first-order valence-electron chi connectivity index (χ1n) is 10.0. The monoisotopic (exact) mass is 567 g/mol. The number of nitrogens with zero attached hydrogens (tertiary/aromatic N) is 2. The number of aromatic nitrogens is 1. The molecule has 0 saturated heterocycles. The summed E-state index contributed by atoms with van der Waals surface area (Å²) in [5.74, 6) is 0.349. The minimum atomic E-state index is -0.311. The third-order valence-corrected chi connectivity index (χ3v) is 6.13. The summed E-state index contributed by atoms with van der Waals surface area (Å²) in [6.45, 7) is 4.04. The standard InChI is InChI=1S/C25H19Br2N3O3/c1-2-11-33-25-19(26)12-16(13-20(25)27)14-28-29-23(31)15-30-21-9-5-3-7-17(21)24(32)18-8-4-6-10-22(18)30/h2-10,12-14H,1,11,15H2,(H,29,31)/b28-14+. The molecule has 0 aliphatic heterocycles. The molecule has 6 nitrogen and oxygen atoms in total. The van der Waals surface area contributed by atoms with Crippen molar-refractivity contribution >= 4 is 65.8 Å². The van der Waals surface area contributed by atoms with E-state index in [0.29, 0.717) is 34.2 Å². The summed E-state index contributed by atoms with van der Waals surface area (Å²) in [4.78, 5) is 25.5. The number of hydrazone groups is 1. The average Bonchev–Trinajstić information content (AvgIpc) is 2.81. The van der Waals surface area contributed by atoms with Crippen molar-refractivity contribution in [1.29, 1.82) is 0 Å². The third kappa shape index (κ3) is 4.91. The summed E-state index contributed by atoms with van der Waals surface area (Å²) < 4.78 is 8.93. The molecule has 0 atom stereocenters. The minimum absolute atomic E-state index is 0.0143. The number of para-hydroxylation sites is 2. The number of amides is 1. The van der Waals surface area contributed by atoms with Gasteiger partial charge >= 0.3 is 0 Å². The van der Waals surface area contributed by atoms with E-state index < -0.39 is 0 Å². The number of hydrogen-bond acceptors (Lipinski definition) is 4. The van der Waals surface area contributed by atoms with E-state index in [1.165, 1.54) is 0 Å². The van der Waals surface area contributed by atoms with E-state index in [1.807, 2.05) is 53.1 Å². The van der Waals surface area contributed by atoms with Crippen molar-refractivity contribution in [2.75, 3.05) is 6.61 Å². The zero-order chi connectivity index (χ0) is 23.4. The molecular weight excluding hydrogens is 550 g/mol. The maximum absolute atomic E-state index is 12.8. The third-order valence-electron chi connectivity index (χ3n) is 4.95. The van der Waals surface area contributed by atoms with Crippen molar-refractivity contribution in [2.45, 2.75) is 6.54 Å². The number of halogens is 2. The molecule has 1 N–H and O–H groups in total. The second-order valence-electron chi connectivity index (χ2n) is 7.16. The molecule has 0 spiro atoms. The Kier molecular flexibility index (Phi) is 7.05. The minimum Gasteiger partial charge on any atom is -0.487 e. The fourth-order valence-electron chi connectivity index (χ4n) is 3.54. The number of nitrogens with one attached hydrogen (secondary N) is 1. The molecule has 0 radical (unpaired) electrons. The van der Waals surface area contributed by atoms with Crippen LogP contribution in [0.4, 0.5) is 0 Å². The lowest BCUT2D eigenvalue weighted by Crippen LogP contribution is -2.25. The van der Waals surface area contributed by atoms with Gasteiger partial charge in [-0.15, -0.1) is 0 Å². The largest absolute Gasteiger partial charge is 0.487 e. The first-order chi connectivity index (χ1) is 16.0. The summed E-state index contributed by atoms with van der Waals surface area (Å²) in [5.41, 5.74) is 4.68. The Morgan fingerprint density at radius 2 is 1.61 bits per heavy atom. The molecular formula is C25H19Br2N3O3. The highest BCUT2D eigenvalue weighted by atomic mass is 79.9. The van der Waals surface area contributed by atoms with Gasteiger partial charge in [-0.3, -0.25) is 9.59 Å².